The second-order valence-corrected chi connectivity index (χ2v) is 8.63. The summed E-state index contributed by atoms with van der Waals surface area (Å²) in [6, 6.07) is 3.06. The van der Waals surface area contributed by atoms with Crippen molar-refractivity contribution in [2.45, 2.75) is 17.7 Å². The number of likely N-dealkylation sites (N-methyl/N-ethyl adjacent to an activating group) is 1. The minimum absolute atomic E-state index is 0. The normalized spacial score (nSPS) is 22.8. The molecule has 2 saturated heterocycles. The summed E-state index contributed by atoms with van der Waals surface area (Å²) in [6.07, 6.45) is 4.80. The maximum absolute atomic E-state index is 12.5. The predicted octanol–water partition coefficient (Wildman–Crippen LogP) is 1.00. The van der Waals surface area contributed by atoms with Crippen molar-refractivity contribution >= 4 is 40.7 Å². The second kappa shape index (κ2) is 9.85. The Hall–Kier alpha value is -0.930. The molecule has 26 heavy (non-hydrogen) atoms. The highest BCUT2D eigenvalue weighted by Gasteiger charge is 2.32. The molecular weight excluding hydrogens is 399 g/mol. The quantitative estimate of drug-likeness (QED) is 0.779. The first kappa shape index (κ1) is 23.1. The fourth-order valence-corrected chi connectivity index (χ4v) is 4.61. The number of aromatic nitrogens is 1. The van der Waals surface area contributed by atoms with Crippen LogP contribution in [0.5, 0.6) is 0 Å². The van der Waals surface area contributed by atoms with Crippen molar-refractivity contribution in [3.05, 3.63) is 24.5 Å². The van der Waals surface area contributed by atoms with Crippen LogP contribution in [0.15, 0.2) is 29.4 Å². The van der Waals surface area contributed by atoms with Crippen LogP contribution in [-0.4, -0.2) is 68.3 Å². The van der Waals surface area contributed by atoms with Gasteiger partial charge in [0.2, 0.25) is 15.9 Å². The molecule has 10 heteroatoms. The monoisotopic (exact) mass is 424 g/mol. The van der Waals surface area contributed by atoms with Crippen LogP contribution in [0.4, 0.5) is 0 Å². The van der Waals surface area contributed by atoms with Crippen LogP contribution in [-0.2, 0) is 14.8 Å². The van der Waals surface area contributed by atoms with E-state index in [1.165, 1.54) is 25.5 Å². The van der Waals surface area contributed by atoms with Crippen molar-refractivity contribution in [3.8, 4) is 0 Å². The Bertz CT molecular complexity index is 676. The van der Waals surface area contributed by atoms with Crippen LogP contribution in [0.25, 0.3) is 0 Å². The number of sulfonamides is 1. The highest BCUT2D eigenvalue weighted by atomic mass is 35.5. The molecule has 1 aromatic rings. The van der Waals surface area contributed by atoms with Crippen molar-refractivity contribution < 1.29 is 13.2 Å². The van der Waals surface area contributed by atoms with E-state index in [9.17, 15) is 13.2 Å². The molecule has 2 aliphatic rings. The summed E-state index contributed by atoms with van der Waals surface area (Å²) in [4.78, 5) is 18.3. The number of carbonyl (C=O) groups excluding carboxylic acids is 1. The average Bonchev–Trinajstić information content (AvgIpc) is 2.93. The third-order valence-electron chi connectivity index (χ3n) is 5.07. The van der Waals surface area contributed by atoms with Gasteiger partial charge in [-0.1, -0.05) is 0 Å². The third-order valence-corrected chi connectivity index (χ3v) is 6.86. The first-order valence-electron chi connectivity index (χ1n) is 8.33. The largest absolute Gasteiger partial charge is 0.342 e. The molecule has 1 N–H and O–H groups in total. The number of nitrogens with zero attached hydrogens (tertiary/aromatic N) is 3. The Labute approximate surface area is 167 Å². The van der Waals surface area contributed by atoms with Crippen molar-refractivity contribution in [1.82, 2.24) is 19.5 Å². The lowest BCUT2D eigenvalue weighted by atomic mass is 9.92. The molecule has 0 radical (unpaired) electrons. The number of hydrogen-bond acceptors (Lipinski definition) is 5. The molecule has 7 nitrogen and oxygen atoms in total. The zero-order chi connectivity index (χ0) is 17.2. The summed E-state index contributed by atoms with van der Waals surface area (Å²) in [7, 11) is -2.24. The van der Waals surface area contributed by atoms with E-state index in [1.807, 2.05) is 4.90 Å². The van der Waals surface area contributed by atoms with Crippen molar-refractivity contribution in [2.24, 2.45) is 11.8 Å². The highest BCUT2D eigenvalue weighted by molar-refractivity contribution is 7.89. The summed E-state index contributed by atoms with van der Waals surface area (Å²) in [5, 5.41) is 3.41. The molecule has 1 aromatic heterocycles. The minimum atomic E-state index is -3.68. The van der Waals surface area contributed by atoms with Crippen LogP contribution < -0.4 is 5.32 Å². The maximum Gasteiger partial charge on any atom is 0.244 e. The first-order chi connectivity index (χ1) is 11.5. The van der Waals surface area contributed by atoms with E-state index in [2.05, 4.69) is 10.3 Å². The number of pyridine rings is 1. The number of hydrogen-bond donors (Lipinski definition) is 1. The van der Waals surface area contributed by atoms with E-state index >= 15 is 0 Å². The predicted molar refractivity (Wildman–Crippen MR) is 104 cm³/mol. The van der Waals surface area contributed by atoms with E-state index in [4.69, 9.17) is 0 Å². The maximum atomic E-state index is 12.5. The summed E-state index contributed by atoms with van der Waals surface area (Å²) in [6.45, 7) is 3.35. The number of rotatable bonds is 4. The molecule has 0 aliphatic carbocycles. The molecule has 0 bridgehead atoms. The SMILES string of the molecule is CN(CC(=O)N1CC[C@@H]2CNC[C@@H]2CC1)S(=O)(=O)c1cccnc1.Cl.Cl. The van der Waals surface area contributed by atoms with Crippen LogP contribution in [0.2, 0.25) is 0 Å². The second-order valence-electron chi connectivity index (χ2n) is 6.59. The van der Waals surface area contributed by atoms with Gasteiger partial charge in [-0.3, -0.25) is 9.78 Å². The van der Waals surface area contributed by atoms with Gasteiger partial charge in [0.15, 0.2) is 0 Å². The Morgan fingerprint density at radius 2 is 1.88 bits per heavy atom. The average molecular weight is 425 g/mol. The minimum Gasteiger partial charge on any atom is -0.342 e. The standard InChI is InChI=1S/C16H24N4O3S.2ClH/c1-19(24(22,23)15-3-2-6-17-11-15)12-16(21)20-7-4-13-9-18-10-14(13)5-8-20;;/h2-3,6,11,13-14,18H,4-5,7-10,12H2,1H3;2*1H/t13-,14+;;. The number of nitrogens with one attached hydrogen (secondary N) is 1. The summed E-state index contributed by atoms with van der Waals surface area (Å²) in [5.74, 6) is 1.15. The summed E-state index contributed by atoms with van der Waals surface area (Å²) >= 11 is 0. The zero-order valence-corrected chi connectivity index (χ0v) is 17.2. The summed E-state index contributed by atoms with van der Waals surface area (Å²) < 4.78 is 26.1. The zero-order valence-electron chi connectivity index (χ0n) is 14.7. The van der Waals surface area contributed by atoms with Gasteiger partial charge in [0, 0.05) is 32.5 Å². The number of fused-ring (bicyclic) bond motifs is 1. The van der Waals surface area contributed by atoms with Gasteiger partial charge >= 0.3 is 0 Å². The van der Waals surface area contributed by atoms with Crippen LogP contribution in [0, 0.1) is 11.8 Å². The van der Waals surface area contributed by atoms with E-state index in [0.29, 0.717) is 24.9 Å². The van der Waals surface area contributed by atoms with Crippen LogP contribution in [0.3, 0.4) is 0 Å². The van der Waals surface area contributed by atoms with Crippen LogP contribution >= 0.6 is 24.8 Å². The Balaban J connectivity index is 0.00000169. The van der Waals surface area contributed by atoms with Gasteiger partial charge in [-0.05, 0) is 49.9 Å². The van der Waals surface area contributed by atoms with Gasteiger partial charge in [0.05, 0.1) is 6.54 Å². The van der Waals surface area contributed by atoms with E-state index < -0.39 is 10.0 Å². The number of carbonyl (C=O) groups is 1. The Kier molecular flexibility index (Phi) is 8.75. The number of halogens is 2. The molecule has 3 heterocycles. The molecule has 3 rings (SSSR count). The van der Waals surface area contributed by atoms with Crippen molar-refractivity contribution in [1.29, 1.82) is 0 Å². The smallest absolute Gasteiger partial charge is 0.244 e. The van der Waals surface area contributed by atoms with Gasteiger partial charge in [0.1, 0.15) is 4.90 Å². The van der Waals surface area contributed by atoms with E-state index in [1.54, 1.807) is 6.07 Å². The third kappa shape index (κ3) is 5.07. The Morgan fingerprint density at radius 3 is 2.42 bits per heavy atom. The van der Waals surface area contributed by atoms with Crippen molar-refractivity contribution in [3.63, 3.8) is 0 Å². The fraction of sp³-hybridized carbons (Fsp3) is 0.625. The molecule has 0 saturated carbocycles. The molecule has 0 unspecified atom stereocenters. The van der Waals surface area contributed by atoms with Gasteiger partial charge in [-0.2, -0.15) is 4.31 Å². The molecule has 2 atom stereocenters. The lowest BCUT2D eigenvalue weighted by molar-refractivity contribution is -0.131. The topological polar surface area (TPSA) is 82.6 Å². The molecule has 2 fully saturated rings. The highest BCUT2D eigenvalue weighted by Crippen LogP contribution is 2.27. The molecule has 0 spiro atoms. The number of amides is 1. The molecule has 1 amide bonds. The molecule has 0 aromatic carbocycles. The van der Waals surface area contributed by atoms with E-state index in [-0.39, 0.29) is 42.2 Å². The summed E-state index contributed by atoms with van der Waals surface area (Å²) in [5.41, 5.74) is 0. The van der Waals surface area contributed by atoms with Gasteiger partial charge in [0.25, 0.3) is 0 Å². The number of likely N-dealkylation sites (tertiary alicyclic amines) is 1. The first-order valence-corrected chi connectivity index (χ1v) is 9.77. The molecule has 2 aliphatic heterocycles. The van der Waals surface area contributed by atoms with Crippen molar-refractivity contribution in [2.75, 3.05) is 39.8 Å². The lowest BCUT2D eigenvalue weighted by Gasteiger charge is -2.24. The molecule has 148 valence electrons. The molecular formula is C16H26Cl2N4O3S. The van der Waals surface area contributed by atoms with Gasteiger partial charge in [-0.15, -0.1) is 24.8 Å². The van der Waals surface area contributed by atoms with Gasteiger partial charge in [-0.25, -0.2) is 8.42 Å². The Morgan fingerprint density at radius 1 is 1.27 bits per heavy atom. The lowest BCUT2D eigenvalue weighted by Crippen LogP contribution is -2.41. The fourth-order valence-electron chi connectivity index (χ4n) is 3.52. The van der Waals surface area contributed by atoms with Gasteiger partial charge < -0.3 is 10.2 Å². The van der Waals surface area contributed by atoms with E-state index in [0.717, 1.165) is 30.2 Å². The van der Waals surface area contributed by atoms with Crippen LogP contribution in [0.1, 0.15) is 12.8 Å².